The van der Waals surface area contributed by atoms with Crippen LogP contribution in [0, 0.1) is 0 Å². The molecule has 0 spiro atoms. The van der Waals surface area contributed by atoms with Crippen LogP contribution in [-0.4, -0.2) is 26.7 Å². The summed E-state index contributed by atoms with van der Waals surface area (Å²) >= 11 is 0. The van der Waals surface area contributed by atoms with Gasteiger partial charge in [-0.2, -0.15) is 0 Å². The third-order valence-electron chi connectivity index (χ3n) is 1.98. The van der Waals surface area contributed by atoms with Gasteiger partial charge in [-0.15, -0.1) is 0 Å². The molecule has 0 saturated heterocycles. The molecule has 0 rings (SSSR count). The van der Waals surface area contributed by atoms with E-state index in [2.05, 4.69) is 0 Å². The molecule has 0 aliphatic rings. The number of unbranched alkanes of at least 4 members (excludes halogenated alkanes) is 2. The zero-order valence-electron chi connectivity index (χ0n) is 11.3. The molecular weight excluding hydrogens is 256 g/mol. The van der Waals surface area contributed by atoms with E-state index in [9.17, 15) is 14.4 Å². The van der Waals surface area contributed by atoms with Gasteiger partial charge in [-0.3, -0.25) is 14.4 Å². The molecule has 0 atom stereocenters. The van der Waals surface area contributed by atoms with Crippen LogP contribution in [-0.2, 0) is 27.7 Å². The number of hydrogen-bond donors (Lipinski definition) is 0. The fourth-order valence-corrected chi connectivity index (χ4v) is 3.89. The highest BCUT2D eigenvalue weighted by molar-refractivity contribution is 6.65. The zero-order valence-corrected chi connectivity index (χ0v) is 12.3. The maximum absolute atomic E-state index is 11.1. The van der Waals surface area contributed by atoms with Gasteiger partial charge in [-0.05, 0) is 6.42 Å². The predicted molar refractivity (Wildman–Crippen MR) is 65.4 cm³/mol. The summed E-state index contributed by atoms with van der Waals surface area (Å²) in [7, 11) is -3.57. The normalized spacial score (nSPS) is 10.7. The topological polar surface area (TPSA) is 78.9 Å². The van der Waals surface area contributed by atoms with Crippen LogP contribution in [0.1, 0.15) is 47.0 Å². The van der Waals surface area contributed by atoms with Crippen molar-refractivity contribution >= 4 is 26.7 Å². The van der Waals surface area contributed by atoms with Crippen LogP contribution >= 0.6 is 0 Å². The minimum Gasteiger partial charge on any atom is -0.455 e. The van der Waals surface area contributed by atoms with Crippen molar-refractivity contribution in [3.8, 4) is 0 Å². The Hall–Kier alpha value is -1.37. The van der Waals surface area contributed by atoms with Gasteiger partial charge < -0.3 is 13.3 Å². The maximum atomic E-state index is 11.1. The Balaban J connectivity index is 4.90. The second-order valence-electron chi connectivity index (χ2n) is 3.92. The average molecular weight is 276 g/mol. The van der Waals surface area contributed by atoms with E-state index in [4.69, 9.17) is 13.3 Å². The van der Waals surface area contributed by atoms with E-state index in [-0.39, 0.29) is 6.04 Å². The molecule has 0 radical (unpaired) electrons. The van der Waals surface area contributed by atoms with Gasteiger partial charge in [0.2, 0.25) is 0 Å². The van der Waals surface area contributed by atoms with Crippen molar-refractivity contribution in [2.24, 2.45) is 0 Å². The van der Waals surface area contributed by atoms with Crippen LogP contribution in [0.4, 0.5) is 0 Å². The first kappa shape index (κ1) is 16.6. The van der Waals surface area contributed by atoms with Crippen LogP contribution < -0.4 is 0 Å². The Morgan fingerprint density at radius 3 is 1.50 bits per heavy atom. The Labute approximate surface area is 108 Å². The first-order valence-electron chi connectivity index (χ1n) is 5.90. The monoisotopic (exact) mass is 276 g/mol. The van der Waals surface area contributed by atoms with E-state index in [1.165, 1.54) is 20.8 Å². The van der Waals surface area contributed by atoms with Crippen LogP contribution in [0.3, 0.4) is 0 Å². The Bertz CT molecular complexity index is 274. The third-order valence-corrected chi connectivity index (χ3v) is 4.75. The van der Waals surface area contributed by atoms with Crippen molar-refractivity contribution in [2.45, 2.75) is 53.0 Å². The van der Waals surface area contributed by atoms with Crippen LogP contribution in [0.25, 0.3) is 0 Å². The largest absolute Gasteiger partial charge is 0.705 e. The lowest BCUT2D eigenvalue weighted by atomic mass is 10.3. The molecule has 0 fully saturated rings. The molecule has 0 amide bonds. The highest BCUT2D eigenvalue weighted by Gasteiger charge is 2.51. The van der Waals surface area contributed by atoms with Crippen molar-refractivity contribution in [3.63, 3.8) is 0 Å². The van der Waals surface area contributed by atoms with Gasteiger partial charge in [-0.25, -0.2) is 0 Å². The summed E-state index contributed by atoms with van der Waals surface area (Å²) in [6.07, 6.45) is 2.49. The second kappa shape index (κ2) is 7.86. The molecule has 0 bridgehead atoms. The second-order valence-corrected chi connectivity index (χ2v) is 6.40. The molecule has 18 heavy (non-hydrogen) atoms. The molecule has 0 heterocycles. The van der Waals surface area contributed by atoms with E-state index >= 15 is 0 Å². The van der Waals surface area contributed by atoms with Gasteiger partial charge in [0.05, 0.1) is 6.04 Å². The Morgan fingerprint density at radius 2 is 1.22 bits per heavy atom. The van der Waals surface area contributed by atoms with Gasteiger partial charge in [0.25, 0.3) is 17.9 Å². The van der Waals surface area contributed by atoms with Gasteiger partial charge in [0, 0.05) is 20.8 Å². The molecule has 0 aromatic heterocycles. The summed E-state index contributed by atoms with van der Waals surface area (Å²) in [5.41, 5.74) is 0. The lowest BCUT2D eigenvalue weighted by Crippen LogP contribution is -2.49. The van der Waals surface area contributed by atoms with Crippen molar-refractivity contribution in [1.82, 2.24) is 0 Å². The third kappa shape index (κ3) is 7.05. The van der Waals surface area contributed by atoms with Gasteiger partial charge >= 0.3 is 8.80 Å². The first-order valence-corrected chi connectivity index (χ1v) is 7.83. The SMILES string of the molecule is CCCCC[Si](OC(C)=O)(OC(C)=O)OC(C)=O. The molecule has 104 valence electrons. The van der Waals surface area contributed by atoms with Gasteiger partial charge in [0.1, 0.15) is 0 Å². The number of rotatable bonds is 7. The van der Waals surface area contributed by atoms with E-state index in [0.717, 1.165) is 12.8 Å². The molecule has 7 heteroatoms. The first-order chi connectivity index (χ1) is 8.31. The molecule has 0 aromatic carbocycles. The van der Waals surface area contributed by atoms with Crippen molar-refractivity contribution in [2.75, 3.05) is 0 Å². The summed E-state index contributed by atoms with van der Waals surface area (Å²) in [6, 6.07) is 0.263. The summed E-state index contributed by atoms with van der Waals surface area (Å²) in [5.74, 6) is -1.87. The van der Waals surface area contributed by atoms with Crippen molar-refractivity contribution < 1.29 is 27.7 Å². The molecule has 0 aromatic rings. The summed E-state index contributed by atoms with van der Waals surface area (Å²) < 4.78 is 15.1. The minimum absolute atomic E-state index is 0.263. The van der Waals surface area contributed by atoms with Crippen LogP contribution in [0.15, 0.2) is 0 Å². The summed E-state index contributed by atoms with van der Waals surface area (Å²) in [4.78, 5) is 33.3. The molecule has 0 N–H and O–H groups in total. The molecular formula is C11H20O6Si. The lowest BCUT2D eigenvalue weighted by Gasteiger charge is -2.26. The lowest BCUT2D eigenvalue weighted by molar-refractivity contribution is -0.147. The van der Waals surface area contributed by atoms with E-state index < -0.39 is 26.7 Å². The molecule has 0 saturated carbocycles. The fraction of sp³-hybridized carbons (Fsp3) is 0.727. The molecule has 0 aliphatic carbocycles. The fourth-order valence-electron chi connectivity index (χ4n) is 1.46. The molecule has 6 nitrogen and oxygen atoms in total. The highest BCUT2D eigenvalue weighted by Crippen LogP contribution is 2.20. The smallest absolute Gasteiger partial charge is 0.455 e. The van der Waals surface area contributed by atoms with E-state index in [0.29, 0.717) is 6.42 Å². The zero-order chi connectivity index (χ0) is 14.2. The van der Waals surface area contributed by atoms with E-state index in [1.807, 2.05) is 6.92 Å². The quantitative estimate of drug-likeness (QED) is 0.521. The Morgan fingerprint density at radius 1 is 0.833 bits per heavy atom. The molecule has 0 unspecified atom stereocenters. The maximum Gasteiger partial charge on any atom is 0.705 e. The van der Waals surface area contributed by atoms with Crippen LogP contribution in [0.2, 0.25) is 6.04 Å². The minimum atomic E-state index is -3.57. The highest BCUT2D eigenvalue weighted by atomic mass is 28.4. The summed E-state index contributed by atoms with van der Waals surface area (Å²) in [5, 5.41) is 0. The van der Waals surface area contributed by atoms with Crippen molar-refractivity contribution in [1.29, 1.82) is 0 Å². The van der Waals surface area contributed by atoms with Crippen molar-refractivity contribution in [3.05, 3.63) is 0 Å². The number of carbonyl (C=O) groups is 3. The number of hydrogen-bond acceptors (Lipinski definition) is 6. The van der Waals surface area contributed by atoms with Crippen LogP contribution in [0.5, 0.6) is 0 Å². The molecule has 0 aliphatic heterocycles. The van der Waals surface area contributed by atoms with E-state index in [1.54, 1.807) is 0 Å². The standard InChI is InChI=1S/C11H20O6Si/c1-5-6-7-8-18(15-9(2)12,16-10(3)13)17-11(4)14/h5-8H2,1-4H3. The number of carbonyl (C=O) groups excluding carboxylic acids is 3. The van der Waals surface area contributed by atoms with Gasteiger partial charge in [0.15, 0.2) is 0 Å². The predicted octanol–water partition coefficient (Wildman–Crippen LogP) is 1.80. The van der Waals surface area contributed by atoms with Gasteiger partial charge in [-0.1, -0.05) is 19.8 Å². The Kier molecular flexibility index (Phi) is 7.26. The average Bonchev–Trinajstić information content (AvgIpc) is 2.13. The summed E-state index contributed by atoms with van der Waals surface area (Å²) in [6.45, 7) is 5.57.